The van der Waals surface area contributed by atoms with E-state index in [9.17, 15) is 26.4 Å². The van der Waals surface area contributed by atoms with E-state index >= 15 is 0 Å². The van der Waals surface area contributed by atoms with Crippen LogP contribution in [0.5, 0.6) is 0 Å². The van der Waals surface area contributed by atoms with E-state index in [4.69, 9.17) is 9.47 Å². The molecule has 4 atom stereocenters. The molecule has 42 heavy (non-hydrogen) atoms. The molecule has 10 nitrogen and oxygen atoms in total. The Kier molecular flexibility index (Phi) is 11.3. The second kappa shape index (κ2) is 14.1. The standard InChI is InChI=1S/2C15H21NO4S/c2*1-10(2)21(18,19)13-7-5-4-6-11(13)14-12(8-9-16-14)15(17)20-3/h2*4-7,10,12,14,16H,8-9H2,1-3H3/t2*12-,14-/m10/s1. The highest BCUT2D eigenvalue weighted by molar-refractivity contribution is 7.92. The van der Waals surface area contributed by atoms with Gasteiger partial charge < -0.3 is 20.1 Å². The largest absolute Gasteiger partial charge is 0.469 e. The molecule has 2 aromatic rings. The number of esters is 2. The predicted molar refractivity (Wildman–Crippen MR) is 159 cm³/mol. The van der Waals surface area contributed by atoms with Crippen molar-refractivity contribution in [2.75, 3.05) is 27.3 Å². The molecule has 0 amide bonds. The average Bonchev–Trinajstić information content (AvgIpc) is 3.67. The van der Waals surface area contributed by atoms with E-state index in [-0.39, 0.29) is 35.9 Å². The molecule has 2 saturated heterocycles. The Hall–Kier alpha value is -2.80. The Morgan fingerprint density at radius 2 is 1.00 bits per heavy atom. The van der Waals surface area contributed by atoms with Crippen molar-refractivity contribution >= 4 is 31.6 Å². The highest BCUT2D eigenvalue weighted by atomic mass is 32.2. The highest BCUT2D eigenvalue weighted by Gasteiger charge is 2.39. The summed E-state index contributed by atoms with van der Waals surface area (Å²) in [5, 5.41) is 5.44. The molecule has 2 fully saturated rings. The van der Waals surface area contributed by atoms with Crippen LogP contribution in [-0.2, 0) is 38.7 Å². The minimum Gasteiger partial charge on any atom is -0.469 e. The summed E-state index contributed by atoms with van der Waals surface area (Å²) in [4.78, 5) is 24.4. The molecule has 0 unspecified atom stereocenters. The normalized spacial score (nSPS) is 22.5. The van der Waals surface area contributed by atoms with E-state index in [0.29, 0.717) is 46.8 Å². The summed E-state index contributed by atoms with van der Waals surface area (Å²) in [5.74, 6) is -1.31. The predicted octanol–water partition coefficient (Wildman–Crippen LogP) is 3.38. The minimum atomic E-state index is -3.39. The summed E-state index contributed by atoms with van der Waals surface area (Å²) in [6.07, 6.45) is 1.29. The first-order chi connectivity index (χ1) is 19.8. The third kappa shape index (κ3) is 7.04. The molecule has 2 aliphatic rings. The number of hydrogen-bond acceptors (Lipinski definition) is 10. The number of nitrogens with one attached hydrogen (secondary N) is 2. The Morgan fingerprint density at radius 1 is 0.667 bits per heavy atom. The highest BCUT2D eigenvalue weighted by Crippen LogP contribution is 2.36. The summed E-state index contributed by atoms with van der Waals surface area (Å²) in [6, 6.07) is 13.1. The lowest BCUT2D eigenvalue weighted by Crippen LogP contribution is -2.27. The van der Waals surface area contributed by atoms with Gasteiger partial charge in [0.15, 0.2) is 19.7 Å². The molecule has 0 aliphatic carbocycles. The van der Waals surface area contributed by atoms with Gasteiger partial charge in [0.05, 0.1) is 46.3 Å². The molecular weight excluding hydrogens is 580 g/mol. The third-order valence-electron chi connectivity index (χ3n) is 7.81. The summed E-state index contributed by atoms with van der Waals surface area (Å²) in [5.41, 5.74) is 1.30. The molecule has 232 valence electrons. The Balaban J connectivity index is 0.000000230. The van der Waals surface area contributed by atoms with Gasteiger partial charge in [-0.15, -0.1) is 0 Å². The van der Waals surface area contributed by atoms with Crippen molar-refractivity contribution in [1.82, 2.24) is 10.6 Å². The molecule has 2 aromatic carbocycles. The summed E-state index contributed by atoms with van der Waals surface area (Å²) >= 11 is 0. The first kappa shape index (κ1) is 33.7. The molecule has 0 aromatic heterocycles. The summed E-state index contributed by atoms with van der Waals surface area (Å²) in [7, 11) is -4.07. The number of carbonyl (C=O) groups excluding carboxylic acids is 2. The molecule has 2 N–H and O–H groups in total. The van der Waals surface area contributed by atoms with Crippen molar-refractivity contribution in [3.63, 3.8) is 0 Å². The van der Waals surface area contributed by atoms with Crippen LogP contribution in [0.2, 0.25) is 0 Å². The van der Waals surface area contributed by atoms with Crippen LogP contribution in [0.3, 0.4) is 0 Å². The number of rotatable bonds is 8. The fourth-order valence-corrected chi connectivity index (χ4v) is 7.97. The van der Waals surface area contributed by atoms with Gasteiger partial charge in [-0.25, -0.2) is 16.8 Å². The zero-order valence-corrected chi connectivity index (χ0v) is 26.6. The van der Waals surface area contributed by atoms with Gasteiger partial charge in [0.25, 0.3) is 0 Å². The van der Waals surface area contributed by atoms with Crippen LogP contribution in [0.1, 0.15) is 63.7 Å². The SMILES string of the molecule is COC(=O)[C@@H]1CCN[C@@H]1c1ccccc1S(=O)(=O)C(C)C.COC(=O)[C@H]1CCN[C@H]1c1ccccc1S(=O)(=O)C(C)C. The van der Waals surface area contributed by atoms with Crippen LogP contribution < -0.4 is 10.6 Å². The molecule has 0 saturated carbocycles. The lowest BCUT2D eigenvalue weighted by atomic mass is 9.94. The zero-order valence-electron chi connectivity index (χ0n) is 25.0. The van der Waals surface area contributed by atoms with E-state index in [1.165, 1.54) is 14.2 Å². The minimum absolute atomic E-state index is 0.299. The van der Waals surface area contributed by atoms with E-state index < -0.39 is 30.2 Å². The fraction of sp³-hybridized carbons (Fsp3) is 0.533. The van der Waals surface area contributed by atoms with Crippen molar-refractivity contribution in [1.29, 1.82) is 0 Å². The molecule has 2 aliphatic heterocycles. The van der Waals surface area contributed by atoms with Gasteiger partial charge in [-0.1, -0.05) is 36.4 Å². The summed E-state index contributed by atoms with van der Waals surface area (Å²) in [6.45, 7) is 7.97. The Morgan fingerprint density at radius 3 is 1.31 bits per heavy atom. The molecule has 12 heteroatoms. The van der Waals surface area contributed by atoms with Crippen molar-refractivity contribution in [2.45, 2.75) is 72.9 Å². The van der Waals surface area contributed by atoms with E-state index in [1.807, 2.05) is 0 Å². The quantitative estimate of drug-likeness (QED) is 0.420. The van der Waals surface area contributed by atoms with Gasteiger partial charge in [0.1, 0.15) is 0 Å². The maximum atomic E-state index is 12.5. The molecule has 2 heterocycles. The van der Waals surface area contributed by atoms with Gasteiger partial charge in [-0.05, 0) is 76.9 Å². The van der Waals surface area contributed by atoms with Crippen LogP contribution in [0.15, 0.2) is 58.3 Å². The van der Waals surface area contributed by atoms with Crippen molar-refractivity contribution in [3.8, 4) is 0 Å². The second-order valence-corrected chi connectivity index (χ2v) is 15.9. The van der Waals surface area contributed by atoms with E-state index in [1.54, 1.807) is 76.2 Å². The lowest BCUT2D eigenvalue weighted by molar-refractivity contribution is -0.146. The Bertz CT molecular complexity index is 1360. The van der Waals surface area contributed by atoms with Crippen LogP contribution in [0.25, 0.3) is 0 Å². The molecule has 0 spiro atoms. The number of ether oxygens (including phenoxy) is 2. The Labute approximate surface area is 249 Å². The first-order valence-corrected chi connectivity index (χ1v) is 17.2. The van der Waals surface area contributed by atoms with Gasteiger partial charge >= 0.3 is 11.9 Å². The monoisotopic (exact) mass is 622 g/mol. The topological polar surface area (TPSA) is 145 Å². The fourth-order valence-electron chi connectivity index (χ4n) is 5.37. The zero-order chi connectivity index (χ0) is 31.2. The molecular formula is C30H42N2O8S2. The van der Waals surface area contributed by atoms with Gasteiger partial charge in [-0.2, -0.15) is 0 Å². The second-order valence-electron chi connectivity index (χ2n) is 11.0. The first-order valence-electron chi connectivity index (χ1n) is 14.1. The molecule has 4 rings (SSSR count). The van der Waals surface area contributed by atoms with Crippen molar-refractivity contribution in [3.05, 3.63) is 59.7 Å². The lowest BCUT2D eigenvalue weighted by Gasteiger charge is -2.21. The van der Waals surface area contributed by atoms with E-state index in [2.05, 4.69) is 10.6 Å². The maximum absolute atomic E-state index is 12.5. The summed E-state index contributed by atoms with van der Waals surface area (Å²) < 4.78 is 59.7. The van der Waals surface area contributed by atoms with Crippen LogP contribution in [-0.4, -0.2) is 66.6 Å². The van der Waals surface area contributed by atoms with Gasteiger partial charge in [0.2, 0.25) is 0 Å². The van der Waals surface area contributed by atoms with Crippen molar-refractivity contribution in [2.24, 2.45) is 11.8 Å². The smallest absolute Gasteiger partial charge is 0.310 e. The average molecular weight is 623 g/mol. The number of methoxy groups -OCH3 is 2. The number of benzene rings is 2. The number of hydrogen-bond donors (Lipinski definition) is 2. The van der Waals surface area contributed by atoms with E-state index in [0.717, 1.165) is 0 Å². The number of carbonyl (C=O) groups is 2. The van der Waals surface area contributed by atoms with Crippen LogP contribution >= 0.6 is 0 Å². The van der Waals surface area contributed by atoms with Crippen molar-refractivity contribution < 1.29 is 35.9 Å². The molecule has 0 bridgehead atoms. The van der Waals surface area contributed by atoms with Crippen LogP contribution in [0.4, 0.5) is 0 Å². The molecule has 0 radical (unpaired) electrons. The number of sulfone groups is 2. The van der Waals surface area contributed by atoms with Gasteiger partial charge in [-0.3, -0.25) is 9.59 Å². The van der Waals surface area contributed by atoms with Crippen LogP contribution in [0, 0.1) is 11.8 Å². The third-order valence-corrected chi connectivity index (χ3v) is 12.3. The maximum Gasteiger partial charge on any atom is 0.310 e. The van der Waals surface area contributed by atoms with Gasteiger partial charge in [0, 0.05) is 12.1 Å².